The van der Waals surface area contributed by atoms with E-state index in [2.05, 4.69) is 10.00 Å². The molecule has 0 bridgehead atoms. The molecule has 1 atom stereocenters. The number of imidazole rings is 1. The number of ether oxygens (including phenoxy) is 2. The number of halogens is 3. The summed E-state index contributed by atoms with van der Waals surface area (Å²) in [5.41, 5.74) is 4.03. The van der Waals surface area contributed by atoms with Gasteiger partial charge < -0.3 is 14.4 Å². The first-order valence-electron chi connectivity index (χ1n) is 13.3. The maximum absolute atomic E-state index is 13.6. The van der Waals surface area contributed by atoms with Crippen LogP contribution in [-0.2, 0) is 22.1 Å². The molecular formula is C28H31F3N6O2. The highest BCUT2D eigenvalue weighted by atomic mass is 19.4. The number of alkyl halides is 3. The molecule has 2 aliphatic heterocycles. The van der Waals surface area contributed by atoms with E-state index in [1.165, 1.54) is 13.0 Å². The van der Waals surface area contributed by atoms with Gasteiger partial charge in [-0.25, -0.2) is 14.2 Å². The van der Waals surface area contributed by atoms with E-state index in [1.54, 1.807) is 16.8 Å². The topological polar surface area (TPSA) is 69.7 Å². The van der Waals surface area contributed by atoms with Gasteiger partial charge >= 0.3 is 6.18 Å². The first-order chi connectivity index (χ1) is 18.8. The molecule has 2 saturated heterocycles. The quantitative estimate of drug-likeness (QED) is 0.340. The molecule has 0 N–H and O–H groups in total. The van der Waals surface area contributed by atoms with Crippen LogP contribution in [0.3, 0.4) is 0 Å². The first kappa shape index (κ1) is 25.8. The Hall–Kier alpha value is -3.44. The summed E-state index contributed by atoms with van der Waals surface area (Å²) in [5.74, 6) is 0.762. The second-order valence-corrected chi connectivity index (χ2v) is 10.1. The van der Waals surface area contributed by atoms with Crippen LogP contribution in [0.15, 0.2) is 36.5 Å². The molecular weight excluding hydrogens is 509 g/mol. The minimum absolute atomic E-state index is 0.160. The Kier molecular flexibility index (Phi) is 6.80. The Balaban J connectivity index is 1.50. The molecule has 0 radical (unpaired) electrons. The monoisotopic (exact) mass is 540 g/mol. The third kappa shape index (κ3) is 4.89. The van der Waals surface area contributed by atoms with Crippen LogP contribution in [-0.4, -0.2) is 57.3 Å². The summed E-state index contributed by atoms with van der Waals surface area (Å²) in [7, 11) is 0. The lowest BCUT2D eigenvalue weighted by Crippen LogP contribution is -2.37. The highest BCUT2D eigenvalue weighted by molar-refractivity contribution is 5.78. The van der Waals surface area contributed by atoms with Crippen molar-refractivity contribution in [1.82, 2.24) is 24.4 Å². The summed E-state index contributed by atoms with van der Waals surface area (Å²) in [6, 6.07) is 8.32. The van der Waals surface area contributed by atoms with E-state index in [-0.39, 0.29) is 18.2 Å². The third-order valence-corrected chi connectivity index (χ3v) is 7.68. The van der Waals surface area contributed by atoms with Crippen molar-refractivity contribution >= 4 is 11.5 Å². The van der Waals surface area contributed by atoms with E-state index in [1.807, 2.05) is 23.7 Å². The van der Waals surface area contributed by atoms with E-state index in [9.17, 15) is 13.2 Å². The van der Waals surface area contributed by atoms with Crippen LogP contribution < -0.4 is 4.90 Å². The fourth-order valence-corrected chi connectivity index (χ4v) is 5.53. The van der Waals surface area contributed by atoms with Gasteiger partial charge in [-0.3, -0.25) is 0 Å². The molecule has 0 aliphatic carbocycles. The molecule has 0 spiro atoms. The average molecular weight is 541 g/mol. The maximum atomic E-state index is 13.6. The molecule has 11 heteroatoms. The van der Waals surface area contributed by atoms with E-state index >= 15 is 0 Å². The van der Waals surface area contributed by atoms with Crippen molar-refractivity contribution in [3.63, 3.8) is 0 Å². The highest BCUT2D eigenvalue weighted by Gasteiger charge is 2.33. The molecule has 8 nitrogen and oxygen atoms in total. The van der Waals surface area contributed by atoms with Gasteiger partial charge in [0.15, 0.2) is 17.7 Å². The van der Waals surface area contributed by atoms with Crippen molar-refractivity contribution < 1.29 is 22.6 Å². The zero-order valence-electron chi connectivity index (χ0n) is 22.0. The smallest absolute Gasteiger partial charge is 0.378 e. The number of nitrogens with zero attached hydrogens (tertiary/aromatic N) is 6. The number of rotatable bonds is 5. The van der Waals surface area contributed by atoms with Crippen molar-refractivity contribution in [2.75, 3.05) is 37.8 Å². The van der Waals surface area contributed by atoms with Crippen molar-refractivity contribution in [1.29, 1.82) is 0 Å². The number of aromatic nitrogens is 5. The fraction of sp³-hybridized carbons (Fsp3) is 0.464. The van der Waals surface area contributed by atoms with Gasteiger partial charge in [-0.05, 0) is 62.4 Å². The predicted octanol–water partition coefficient (Wildman–Crippen LogP) is 5.35. The van der Waals surface area contributed by atoms with Gasteiger partial charge in [-0.2, -0.15) is 18.3 Å². The molecule has 0 saturated carbocycles. The molecule has 206 valence electrons. The number of benzene rings is 1. The number of hydrogen-bond donors (Lipinski definition) is 0. The molecule has 3 aromatic heterocycles. The zero-order chi connectivity index (χ0) is 27.1. The SMILES string of the molecule is Cc1nc2c(-c3ccnn3C3CCCCO3)cc(N3CCOCC3)nn2c1Cc1cccc(C(F)(F)F)c1C. The van der Waals surface area contributed by atoms with Crippen molar-refractivity contribution in [2.45, 2.75) is 51.9 Å². The normalized spacial score (nSPS) is 18.7. The minimum atomic E-state index is -4.41. The van der Waals surface area contributed by atoms with Crippen LogP contribution in [0.25, 0.3) is 16.9 Å². The van der Waals surface area contributed by atoms with Gasteiger partial charge in [0.2, 0.25) is 0 Å². The Morgan fingerprint density at radius 3 is 2.62 bits per heavy atom. The van der Waals surface area contributed by atoms with Gasteiger partial charge in [-0.1, -0.05) is 12.1 Å². The van der Waals surface area contributed by atoms with Crippen LogP contribution in [0.5, 0.6) is 0 Å². The number of anilines is 1. The lowest BCUT2D eigenvalue weighted by molar-refractivity contribution is -0.138. The standard InChI is InChI=1S/C28H31F3N6O2/c1-18-20(6-5-7-22(18)28(29,30)31)16-24-19(2)33-27-21(17-25(34-37(24)27)35-11-14-38-15-12-35)23-9-10-32-36(23)26-8-3-4-13-39-26/h5-7,9-10,17,26H,3-4,8,11-16H2,1-2H3. The number of morpholine rings is 1. The van der Waals surface area contributed by atoms with Gasteiger partial charge in [0.25, 0.3) is 0 Å². The van der Waals surface area contributed by atoms with E-state index < -0.39 is 11.7 Å². The molecule has 6 rings (SSSR count). The van der Waals surface area contributed by atoms with Crippen LogP contribution in [0, 0.1) is 13.8 Å². The van der Waals surface area contributed by atoms with E-state index in [4.69, 9.17) is 19.6 Å². The largest absolute Gasteiger partial charge is 0.416 e. The summed E-state index contributed by atoms with van der Waals surface area (Å²) < 4.78 is 56.2. The zero-order valence-corrected chi connectivity index (χ0v) is 22.0. The lowest BCUT2D eigenvalue weighted by atomic mass is 9.98. The van der Waals surface area contributed by atoms with Crippen molar-refractivity contribution in [3.8, 4) is 11.3 Å². The maximum Gasteiger partial charge on any atom is 0.416 e. The predicted molar refractivity (Wildman–Crippen MR) is 140 cm³/mol. The molecule has 5 heterocycles. The van der Waals surface area contributed by atoms with Gasteiger partial charge in [0, 0.05) is 37.9 Å². The summed E-state index contributed by atoms with van der Waals surface area (Å²) >= 11 is 0. The summed E-state index contributed by atoms with van der Waals surface area (Å²) in [4.78, 5) is 7.06. The molecule has 2 aliphatic rings. The Morgan fingerprint density at radius 2 is 1.87 bits per heavy atom. The van der Waals surface area contributed by atoms with Crippen LogP contribution in [0.4, 0.5) is 19.0 Å². The van der Waals surface area contributed by atoms with Crippen molar-refractivity contribution in [2.24, 2.45) is 0 Å². The average Bonchev–Trinajstić information content (AvgIpc) is 3.54. The van der Waals surface area contributed by atoms with Crippen LogP contribution in [0.2, 0.25) is 0 Å². The van der Waals surface area contributed by atoms with E-state index in [0.717, 1.165) is 53.8 Å². The minimum Gasteiger partial charge on any atom is -0.378 e. The Bertz CT molecular complexity index is 1480. The van der Waals surface area contributed by atoms with Gasteiger partial charge in [-0.15, -0.1) is 5.10 Å². The number of aryl methyl sites for hydroxylation is 1. The van der Waals surface area contributed by atoms with Gasteiger partial charge in [0.05, 0.1) is 35.9 Å². The Labute approximate surface area is 224 Å². The molecule has 2 fully saturated rings. The van der Waals surface area contributed by atoms with Crippen LogP contribution >= 0.6 is 0 Å². The Morgan fingerprint density at radius 1 is 1.05 bits per heavy atom. The molecule has 1 aromatic carbocycles. The van der Waals surface area contributed by atoms with Crippen molar-refractivity contribution in [3.05, 3.63) is 64.6 Å². The van der Waals surface area contributed by atoms with E-state index in [0.29, 0.717) is 44.1 Å². The third-order valence-electron chi connectivity index (χ3n) is 7.68. The second-order valence-electron chi connectivity index (χ2n) is 10.1. The van der Waals surface area contributed by atoms with Gasteiger partial charge in [0.1, 0.15) is 0 Å². The second kappa shape index (κ2) is 10.3. The number of hydrogen-bond acceptors (Lipinski definition) is 6. The molecule has 0 amide bonds. The fourth-order valence-electron chi connectivity index (χ4n) is 5.53. The molecule has 4 aromatic rings. The summed E-state index contributed by atoms with van der Waals surface area (Å²) in [5, 5.41) is 9.57. The summed E-state index contributed by atoms with van der Waals surface area (Å²) in [6.07, 6.45) is 0.438. The first-order valence-corrected chi connectivity index (χ1v) is 13.3. The van der Waals surface area contributed by atoms with Crippen LogP contribution in [0.1, 0.15) is 53.6 Å². The molecule has 39 heavy (non-hydrogen) atoms. The number of fused-ring (bicyclic) bond motifs is 1. The summed E-state index contributed by atoms with van der Waals surface area (Å²) in [6.45, 7) is 6.68. The lowest BCUT2D eigenvalue weighted by Gasteiger charge is -2.28. The highest BCUT2D eigenvalue weighted by Crippen LogP contribution is 2.36. The molecule has 1 unspecified atom stereocenters.